The molecule has 0 N–H and O–H groups in total. The highest BCUT2D eigenvalue weighted by atomic mass is 16.5. The Bertz CT molecular complexity index is 484. The molecule has 1 aliphatic rings. The Kier molecular flexibility index (Phi) is 5.16. The summed E-state index contributed by atoms with van der Waals surface area (Å²) >= 11 is 0. The number of fused-ring (bicyclic) bond motifs is 1. The summed E-state index contributed by atoms with van der Waals surface area (Å²) < 4.78 is 5.16. The topological polar surface area (TPSA) is 46.6 Å². The first-order chi connectivity index (χ1) is 9.72. The Balaban J connectivity index is 1.75. The van der Waals surface area contributed by atoms with Gasteiger partial charge in [0.05, 0.1) is 6.61 Å². The molecule has 0 radical (unpaired) electrons. The number of ether oxygens (including phenoxy) is 1. The maximum Gasteiger partial charge on any atom is 0.325 e. The van der Waals surface area contributed by atoms with E-state index in [0.717, 1.165) is 31.2 Å². The van der Waals surface area contributed by atoms with Crippen LogP contribution in [0.25, 0.3) is 0 Å². The molecular weight excluding hydrogens is 254 g/mol. The summed E-state index contributed by atoms with van der Waals surface area (Å²) in [6.07, 6.45) is 4.30. The minimum Gasteiger partial charge on any atom is -0.464 e. The zero-order valence-electron chi connectivity index (χ0n) is 11.9. The minimum atomic E-state index is -0.317. The standard InChI is InChI=1S/C16H21NO3/c1-2-3-4-7-10-20-15(18)12-17-11-13-8-5-6-9-14(13)16(17)19/h5-6,8-9H,2-4,7,10-12H2,1H3. The molecule has 0 aliphatic carbocycles. The van der Waals surface area contributed by atoms with Crippen molar-refractivity contribution in [3.8, 4) is 0 Å². The Labute approximate surface area is 119 Å². The number of benzene rings is 1. The van der Waals surface area contributed by atoms with Crippen molar-refractivity contribution in [1.29, 1.82) is 0 Å². The maximum atomic E-state index is 12.1. The Morgan fingerprint density at radius 1 is 1.25 bits per heavy atom. The number of carbonyl (C=O) groups is 2. The molecule has 1 amide bonds. The fraction of sp³-hybridized carbons (Fsp3) is 0.500. The van der Waals surface area contributed by atoms with Gasteiger partial charge in [-0.05, 0) is 18.1 Å². The van der Waals surface area contributed by atoms with Gasteiger partial charge in [0, 0.05) is 12.1 Å². The lowest BCUT2D eigenvalue weighted by Crippen LogP contribution is -2.31. The summed E-state index contributed by atoms with van der Waals surface area (Å²) in [6.45, 7) is 3.14. The largest absolute Gasteiger partial charge is 0.464 e. The molecule has 0 spiro atoms. The van der Waals surface area contributed by atoms with Crippen LogP contribution in [0.4, 0.5) is 0 Å². The zero-order chi connectivity index (χ0) is 14.4. The number of unbranched alkanes of at least 4 members (excludes halogenated alkanes) is 3. The van der Waals surface area contributed by atoms with Crippen LogP contribution in [-0.2, 0) is 16.1 Å². The van der Waals surface area contributed by atoms with Gasteiger partial charge in [0.25, 0.3) is 5.91 Å². The molecule has 0 saturated carbocycles. The molecule has 1 heterocycles. The predicted molar refractivity (Wildman–Crippen MR) is 76.3 cm³/mol. The molecule has 0 bridgehead atoms. The second-order valence-electron chi connectivity index (χ2n) is 5.10. The molecular formula is C16H21NO3. The van der Waals surface area contributed by atoms with Gasteiger partial charge in [0.1, 0.15) is 6.54 Å². The van der Waals surface area contributed by atoms with Crippen molar-refractivity contribution < 1.29 is 14.3 Å². The molecule has 0 saturated heterocycles. The van der Waals surface area contributed by atoms with Crippen LogP contribution in [-0.4, -0.2) is 29.9 Å². The molecule has 1 aromatic rings. The van der Waals surface area contributed by atoms with Crippen molar-refractivity contribution in [2.75, 3.05) is 13.2 Å². The van der Waals surface area contributed by atoms with Crippen molar-refractivity contribution in [2.24, 2.45) is 0 Å². The van der Waals surface area contributed by atoms with Gasteiger partial charge >= 0.3 is 5.97 Å². The normalized spacial score (nSPS) is 13.4. The molecule has 0 fully saturated rings. The number of esters is 1. The highest BCUT2D eigenvalue weighted by Crippen LogP contribution is 2.21. The van der Waals surface area contributed by atoms with Gasteiger partial charge in [-0.15, -0.1) is 0 Å². The Morgan fingerprint density at radius 2 is 2.05 bits per heavy atom. The van der Waals surface area contributed by atoms with Gasteiger partial charge in [-0.3, -0.25) is 9.59 Å². The maximum absolute atomic E-state index is 12.1. The molecule has 1 aromatic carbocycles. The third-order valence-corrected chi connectivity index (χ3v) is 3.48. The van der Waals surface area contributed by atoms with E-state index < -0.39 is 0 Å². The van der Waals surface area contributed by atoms with Gasteiger partial charge in [-0.2, -0.15) is 0 Å². The predicted octanol–water partition coefficient (Wildman–Crippen LogP) is 2.77. The highest BCUT2D eigenvalue weighted by Gasteiger charge is 2.28. The molecule has 2 rings (SSSR count). The van der Waals surface area contributed by atoms with E-state index in [-0.39, 0.29) is 18.4 Å². The third-order valence-electron chi connectivity index (χ3n) is 3.48. The van der Waals surface area contributed by atoms with Crippen molar-refractivity contribution in [1.82, 2.24) is 4.90 Å². The fourth-order valence-electron chi connectivity index (χ4n) is 2.36. The van der Waals surface area contributed by atoms with Crippen LogP contribution in [0.15, 0.2) is 24.3 Å². The van der Waals surface area contributed by atoms with Crippen LogP contribution in [0.3, 0.4) is 0 Å². The van der Waals surface area contributed by atoms with Crippen LogP contribution < -0.4 is 0 Å². The summed E-state index contributed by atoms with van der Waals surface area (Å²) in [7, 11) is 0. The number of carbonyl (C=O) groups excluding carboxylic acids is 2. The fourth-order valence-corrected chi connectivity index (χ4v) is 2.36. The molecule has 1 aliphatic heterocycles. The first-order valence-electron chi connectivity index (χ1n) is 7.25. The number of hydrogen-bond donors (Lipinski definition) is 0. The number of hydrogen-bond acceptors (Lipinski definition) is 3. The van der Waals surface area contributed by atoms with Crippen LogP contribution in [0.1, 0.15) is 48.5 Å². The van der Waals surface area contributed by atoms with E-state index in [4.69, 9.17) is 4.74 Å². The summed E-state index contributed by atoms with van der Waals surface area (Å²) in [6, 6.07) is 7.46. The van der Waals surface area contributed by atoms with Gasteiger partial charge in [-0.1, -0.05) is 44.4 Å². The van der Waals surface area contributed by atoms with Gasteiger partial charge < -0.3 is 9.64 Å². The lowest BCUT2D eigenvalue weighted by molar-refractivity contribution is -0.144. The Hall–Kier alpha value is -1.84. The monoisotopic (exact) mass is 275 g/mol. The average molecular weight is 275 g/mol. The summed E-state index contributed by atoms with van der Waals surface area (Å²) in [5.74, 6) is -0.397. The quantitative estimate of drug-likeness (QED) is 0.568. The van der Waals surface area contributed by atoms with E-state index in [2.05, 4.69) is 6.92 Å². The molecule has 20 heavy (non-hydrogen) atoms. The lowest BCUT2D eigenvalue weighted by atomic mass is 10.1. The van der Waals surface area contributed by atoms with Crippen LogP contribution in [0, 0.1) is 0 Å². The van der Waals surface area contributed by atoms with Crippen LogP contribution in [0.2, 0.25) is 0 Å². The molecule has 4 nitrogen and oxygen atoms in total. The molecule has 0 aromatic heterocycles. The second-order valence-corrected chi connectivity index (χ2v) is 5.10. The summed E-state index contributed by atoms with van der Waals surface area (Å²) in [5, 5.41) is 0. The molecule has 0 unspecified atom stereocenters. The van der Waals surface area contributed by atoms with E-state index in [9.17, 15) is 9.59 Å². The van der Waals surface area contributed by atoms with Gasteiger partial charge in [-0.25, -0.2) is 0 Å². The van der Waals surface area contributed by atoms with E-state index >= 15 is 0 Å². The minimum absolute atomic E-state index is 0.0429. The van der Waals surface area contributed by atoms with Gasteiger partial charge in [0.2, 0.25) is 0 Å². The molecule has 4 heteroatoms. The third kappa shape index (κ3) is 3.59. The first-order valence-corrected chi connectivity index (χ1v) is 7.25. The van der Waals surface area contributed by atoms with Gasteiger partial charge in [0.15, 0.2) is 0 Å². The van der Waals surface area contributed by atoms with Crippen molar-refractivity contribution in [3.05, 3.63) is 35.4 Å². The second kappa shape index (κ2) is 7.08. The van der Waals surface area contributed by atoms with Crippen LogP contribution >= 0.6 is 0 Å². The van der Waals surface area contributed by atoms with E-state index in [1.54, 1.807) is 11.0 Å². The lowest BCUT2D eigenvalue weighted by Gasteiger charge is -2.14. The molecule has 0 atom stereocenters. The smallest absolute Gasteiger partial charge is 0.325 e. The number of rotatable bonds is 7. The van der Waals surface area contributed by atoms with E-state index in [1.165, 1.54) is 0 Å². The highest BCUT2D eigenvalue weighted by molar-refractivity contribution is 5.99. The number of amides is 1. The summed E-state index contributed by atoms with van der Waals surface area (Å²) in [5.41, 5.74) is 1.68. The van der Waals surface area contributed by atoms with E-state index in [1.807, 2.05) is 18.2 Å². The first kappa shape index (κ1) is 14.6. The molecule has 108 valence electrons. The Morgan fingerprint density at radius 3 is 2.80 bits per heavy atom. The van der Waals surface area contributed by atoms with Crippen molar-refractivity contribution in [3.63, 3.8) is 0 Å². The van der Waals surface area contributed by atoms with E-state index in [0.29, 0.717) is 18.7 Å². The zero-order valence-corrected chi connectivity index (χ0v) is 11.9. The van der Waals surface area contributed by atoms with Crippen LogP contribution in [0.5, 0.6) is 0 Å². The summed E-state index contributed by atoms with van der Waals surface area (Å²) in [4.78, 5) is 25.3. The number of nitrogens with zero attached hydrogens (tertiary/aromatic N) is 1. The average Bonchev–Trinajstić information content (AvgIpc) is 2.76. The SMILES string of the molecule is CCCCCCOC(=O)CN1Cc2ccccc2C1=O. The van der Waals surface area contributed by atoms with Crippen molar-refractivity contribution >= 4 is 11.9 Å². The van der Waals surface area contributed by atoms with Crippen molar-refractivity contribution in [2.45, 2.75) is 39.2 Å².